The normalized spacial score (nSPS) is 17.1. The van der Waals surface area contributed by atoms with E-state index in [9.17, 15) is 24.0 Å². The van der Waals surface area contributed by atoms with Gasteiger partial charge in [0.2, 0.25) is 23.6 Å². The number of benzene rings is 1. The molecule has 1 fully saturated rings. The highest BCUT2D eigenvalue weighted by atomic mass is 35.5. The first-order chi connectivity index (χ1) is 16.6. The number of nitrogens with zero attached hydrogens (tertiary/aromatic N) is 1. The number of likely N-dealkylation sites (tertiary alicyclic amines) is 1. The first-order valence-electron chi connectivity index (χ1n) is 11.8. The molecule has 0 unspecified atom stereocenters. The second-order valence-corrected chi connectivity index (χ2v) is 8.50. The van der Waals surface area contributed by atoms with Crippen molar-refractivity contribution in [2.45, 2.75) is 70.8 Å². The van der Waals surface area contributed by atoms with Crippen molar-refractivity contribution in [3.8, 4) is 0 Å². The van der Waals surface area contributed by atoms with Gasteiger partial charge in [-0.3, -0.25) is 24.0 Å². The van der Waals surface area contributed by atoms with Crippen LogP contribution in [0.2, 0.25) is 0 Å². The lowest BCUT2D eigenvalue weighted by Crippen LogP contribution is -2.56. The summed E-state index contributed by atoms with van der Waals surface area (Å²) in [5.74, 6) is -2.49. The molecule has 1 aliphatic rings. The van der Waals surface area contributed by atoms with Crippen molar-refractivity contribution in [3.63, 3.8) is 0 Å². The Labute approximate surface area is 217 Å². The minimum Gasteiger partial charge on any atom is -0.461 e. The average molecular weight is 526 g/mol. The number of hydrogen-bond donors (Lipinski definition) is 4. The van der Waals surface area contributed by atoms with Gasteiger partial charge in [0.1, 0.15) is 24.7 Å². The van der Waals surface area contributed by atoms with E-state index < -0.39 is 47.9 Å². The lowest BCUT2D eigenvalue weighted by molar-refractivity contribution is -0.148. The summed E-state index contributed by atoms with van der Waals surface area (Å²) in [5.41, 5.74) is 6.78. The van der Waals surface area contributed by atoms with Gasteiger partial charge in [0, 0.05) is 13.1 Å². The molecule has 0 radical (unpaired) electrons. The molecule has 5 N–H and O–H groups in total. The fourth-order valence-electron chi connectivity index (χ4n) is 3.69. The van der Waals surface area contributed by atoms with Gasteiger partial charge >= 0.3 is 5.97 Å². The van der Waals surface area contributed by atoms with Crippen LogP contribution in [0.15, 0.2) is 30.3 Å². The minimum absolute atomic E-state index is 0. The Hall–Kier alpha value is -3.18. The van der Waals surface area contributed by atoms with Gasteiger partial charge in [0.25, 0.3) is 0 Å². The fraction of sp³-hybridized carbons (Fsp3) is 0.542. The third-order valence-corrected chi connectivity index (χ3v) is 5.64. The number of hydrogen-bond acceptors (Lipinski definition) is 7. The lowest BCUT2D eigenvalue weighted by atomic mass is 10.1. The molecule has 1 aromatic carbocycles. The van der Waals surface area contributed by atoms with Gasteiger partial charge in [0.05, 0.1) is 12.5 Å². The summed E-state index contributed by atoms with van der Waals surface area (Å²) in [5, 5.41) is 7.74. The molecule has 0 aliphatic carbocycles. The minimum atomic E-state index is -1.15. The Morgan fingerprint density at radius 1 is 1.06 bits per heavy atom. The Kier molecular flexibility index (Phi) is 12.9. The predicted molar refractivity (Wildman–Crippen MR) is 135 cm³/mol. The van der Waals surface area contributed by atoms with E-state index in [1.807, 2.05) is 30.3 Å². The van der Waals surface area contributed by atoms with Gasteiger partial charge in [-0.1, -0.05) is 30.3 Å². The molecule has 0 bridgehead atoms. The van der Waals surface area contributed by atoms with Crippen LogP contribution < -0.4 is 21.7 Å². The summed E-state index contributed by atoms with van der Waals surface area (Å²) in [6.07, 6.45) is 0.684. The molecular formula is C24H36ClN5O6. The van der Waals surface area contributed by atoms with E-state index in [1.165, 1.54) is 11.8 Å². The molecule has 1 heterocycles. The van der Waals surface area contributed by atoms with Crippen molar-refractivity contribution in [1.29, 1.82) is 0 Å². The van der Waals surface area contributed by atoms with Crippen LogP contribution in [0.3, 0.4) is 0 Å². The van der Waals surface area contributed by atoms with Crippen molar-refractivity contribution < 1.29 is 28.7 Å². The van der Waals surface area contributed by atoms with E-state index in [2.05, 4.69) is 16.0 Å². The first kappa shape index (κ1) is 30.9. The third-order valence-electron chi connectivity index (χ3n) is 5.64. The van der Waals surface area contributed by atoms with Gasteiger partial charge in [-0.2, -0.15) is 0 Å². The molecule has 11 nitrogen and oxygen atoms in total. The van der Waals surface area contributed by atoms with E-state index in [-0.39, 0.29) is 31.3 Å². The van der Waals surface area contributed by atoms with Crippen LogP contribution in [-0.2, 0) is 35.3 Å². The molecule has 36 heavy (non-hydrogen) atoms. The van der Waals surface area contributed by atoms with E-state index in [0.717, 1.165) is 5.56 Å². The van der Waals surface area contributed by atoms with Gasteiger partial charge < -0.3 is 31.3 Å². The van der Waals surface area contributed by atoms with Gasteiger partial charge in [-0.05, 0) is 39.2 Å². The van der Waals surface area contributed by atoms with E-state index >= 15 is 0 Å². The molecule has 4 atom stereocenters. The van der Waals surface area contributed by atoms with Crippen LogP contribution in [0, 0.1) is 0 Å². The molecule has 0 spiro atoms. The van der Waals surface area contributed by atoms with Gasteiger partial charge in [-0.25, -0.2) is 0 Å². The highest BCUT2D eigenvalue weighted by Gasteiger charge is 2.37. The van der Waals surface area contributed by atoms with Crippen LogP contribution in [0.5, 0.6) is 0 Å². The van der Waals surface area contributed by atoms with E-state index in [1.54, 1.807) is 13.8 Å². The largest absolute Gasteiger partial charge is 0.461 e. The molecule has 200 valence electrons. The molecule has 0 saturated carbocycles. The Morgan fingerprint density at radius 2 is 1.69 bits per heavy atom. The standard InChI is InChI=1S/C24H35N5O6.ClH/c1-4-26-21(31)15(2)27-22(32)16(3)28-23(33)19-11-8-12-29(19)24(34)18(25)13-20(30)35-14-17-9-6-5-7-10-17;/h5-7,9-10,15-16,18-19H,4,8,11-14,25H2,1-3H3,(H,26,31)(H,27,32)(H,28,33);1H/t15-,16-,18-,19-;/m0./s1. The number of ether oxygens (including phenoxy) is 1. The van der Waals surface area contributed by atoms with E-state index in [0.29, 0.717) is 25.9 Å². The number of carbonyl (C=O) groups is 5. The Morgan fingerprint density at radius 3 is 2.33 bits per heavy atom. The summed E-state index contributed by atoms with van der Waals surface area (Å²) < 4.78 is 5.19. The zero-order valence-corrected chi connectivity index (χ0v) is 21.6. The molecule has 1 saturated heterocycles. The lowest BCUT2D eigenvalue weighted by Gasteiger charge is -2.27. The van der Waals surface area contributed by atoms with Gasteiger partial charge in [-0.15, -0.1) is 12.4 Å². The number of carbonyl (C=O) groups excluding carboxylic acids is 5. The average Bonchev–Trinajstić information content (AvgIpc) is 3.33. The summed E-state index contributed by atoms with van der Waals surface area (Å²) in [7, 11) is 0. The highest BCUT2D eigenvalue weighted by molar-refractivity contribution is 5.95. The maximum Gasteiger partial charge on any atom is 0.308 e. The Balaban J connectivity index is 0.00000648. The quantitative estimate of drug-likeness (QED) is 0.296. The van der Waals surface area contributed by atoms with Crippen molar-refractivity contribution in [2.75, 3.05) is 13.1 Å². The first-order valence-corrected chi connectivity index (χ1v) is 11.8. The summed E-state index contributed by atoms with van der Waals surface area (Å²) >= 11 is 0. The van der Waals surface area contributed by atoms with Crippen molar-refractivity contribution in [1.82, 2.24) is 20.9 Å². The van der Waals surface area contributed by atoms with Gasteiger partial charge in [0.15, 0.2) is 0 Å². The number of rotatable bonds is 11. The highest BCUT2D eigenvalue weighted by Crippen LogP contribution is 2.19. The van der Waals surface area contributed by atoms with Crippen LogP contribution in [0.4, 0.5) is 0 Å². The zero-order valence-electron chi connectivity index (χ0n) is 20.8. The molecule has 12 heteroatoms. The predicted octanol–water partition coefficient (Wildman–Crippen LogP) is 0.00550. The topological polar surface area (TPSA) is 160 Å². The molecule has 1 aromatic rings. The third kappa shape index (κ3) is 9.12. The summed E-state index contributed by atoms with van der Waals surface area (Å²) in [6, 6.07) is 5.50. The van der Waals surface area contributed by atoms with Crippen LogP contribution in [0.25, 0.3) is 0 Å². The zero-order chi connectivity index (χ0) is 26.0. The Bertz CT molecular complexity index is 916. The second kappa shape index (κ2) is 15.0. The van der Waals surface area contributed by atoms with Crippen molar-refractivity contribution >= 4 is 42.0 Å². The van der Waals surface area contributed by atoms with E-state index in [4.69, 9.17) is 10.5 Å². The number of halogens is 1. The van der Waals surface area contributed by atoms with Crippen LogP contribution in [-0.4, -0.2) is 71.8 Å². The number of amides is 4. The van der Waals surface area contributed by atoms with Crippen molar-refractivity contribution in [2.24, 2.45) is 5.73 Å². The summed E-state index contributed by atoms with van der Waals surface area (Å²) in [4.78, 5) is 63.3. The number of nitrogens with one attached hydrogen (secondary N) is 3. The van der Waals surface area contributed by atoms with Crippen LogP contribution >= 0.6 is 12.4 Å². The second-order valence-electron chi connectivity index (χ2n) is 8.50. The van der Waals surface area contributed by atoms with Crippen LogP contribution in [0.1, 0.15) is 45.6 Å². The number of likely N-dealkylation sites (N-methyl/N-ethyl adjacent to an activating group) is 1. The molecule has 0 aromatic heterocycles. The summed E-state index contributed by atoms with van der Waals surface area (Å²) in [6.45, 7) is 5.63. The number of nitrogens with two attached hydrogens (primary N) is 1. The smallest absolute Gasteiger partial charge is 0.308 e. The fourth-order valence-corrected chi connectivity index (χ4v) is 3.69. The van der Waals surface area contributed by atoms with Crippen molar-refractivity contribution in [3.05, 3.63) is 35.9 Å². The maximum absolute atomic E-state index is 12.9. The molecular weight excluding hydrogens is 490 g/mol. The molecule has 1 aliphatic heterocycles. The molecule has 4 amide bonds. The monoisotopic (exact) mass is 525 g/mol. The number of esters is 1. The maximum atomic E-state index is 12.9. The SMILES string of the molecule is CCNC(=O)[C@H](C)NC(=O)[C@H](C)NC(=O)[C@@H]1CCCN1C(=O)[C@@H](N)CC(=O)OCc1ccccc1.Cl. The molecule has 2 rings (SSSR count).